The topological polar surface area (TPSA) is 32.3 Å². The Morgan fingerprint density at radius 1 is 1.40 bits per heavy atom. The number of benzene rings is 1. The summed E-state index contributed by atoms with van der Waals surface area (Å²) in [4.78, 5) is 0. The Morgan fingerprint density at radius 2 is 2.07 bits per heavy atom. The fourth-order valence-electron chi connectivity index (χ4n) is 1.04. The minimum atomic E-state index is -0.731. The number of nitrogens with one attached hydrogen (secondary N) is 1. The molecule has 4 heteroatoms. The summed E-state index contributed by atoms with van der Waals surface area (Å²) in [5.41, 5.74) is 0.0175. The Bertz CT molecular complexity index is 339. The molecule has 1 unspecified atom stereocenters. The molecule has 1 atom stereocenters. The molecule has 0 bridgehead atoms. The maximum atomic E-state index is 9.81. The van der Waals surface area contributed by atoms with E-state index < -0.39 is 5.60 Å². The van der Waals surface area contributed by atoms with Crippen molar-refractivity contribution in [3.8, 4) is 0 Å². The summed E-state index contributed by atoms with van der Waals surface area (Å²) < 4.78 is 0. The van der Waals surface area contributed by atoms with Crippen molar-refractivity contribution in [3.63, 3.8) is 0 Å². The fourth-order valence-corrected chi connectivity index (χ4v) is 1.40. The lowest BCUT2D eigenvalue weighted by Gasteiger charge is -2.22. The zero-order valence-corrected chi connectivity index (χ0v) is 10.4. The molecule has 0 aliphatic carbocycles. The first-order valence-electron chi connectivity index (χ1n) is 4.86. The first kappa shape index (κ1) is 12.6. The predicted molar refractivity (Wildman–Crippen MR) is 65.9 cm³/mol. The standard InChI is InChI=1S/C11H15Cl2NO/c1-3-11(2,15)7-14-10-6-8(12)4-5-9(10)13/h4-6,14-15H,3,7H2,1-2H3. The molecule has 0 aromatic heterocycles. The number of rotatable bonds is 4. The highest BCUT2D eigenvalue weighted by Gasteiger charge is 2.17. The third-order valence-electron chi connectivity index (χ3n) is 2.35. The minimum absolute atomic E-state index is 0.448. The van der Waals surface area contributed by atoms with Crippen LogP contribution in [0.4, 0.5) is 5.69 Å². The highest BCUT2D eigenvalue weighted by Crippen LogP contribution is 2.26. The highest BCUT2D eigenvalue weighted by atomic mass is 35.5. The molecular formula is C11H15Cl2NO. The van der Waals surface area contributed by atoms with E-state index in [4.69, 9.17) is 23.2 Å². The Morgan fingerprint density at radius 3 is 2.67 bits per heavy atom. The molecule has 1 aromatic carbocycles. The van der Waals surface area contributed by atoms with Gasteiger partial charge < -0.3 is 10.4 Å². The van der Waals surface area contributed by atoms with Gasteiger partial charge in [0.05, 0.1) is 16.3 Å². The Labute approximate surface area is 100 Å². The second-order valence-corrected chi connectivity index (χ2v) is 4.67. The zero-order chi connectivity index (χ0) is 11.5. The van der Waals surface area contributed by atoms with Crippen molar-refractivity contribution in [2.75, 3.05) is 11.9 Å². The molecule has 1 aromatic rings. The van der Waals surface area contributed by atoms with E-state index in [1.54, 1.807) is 25.1 Å². The first-order chi connectivity index (χ1) is 6.94. The third kappa shape index (κ3) is 3.90. The van der Waals surface area contributed by atoms with E-state index in [1.165, 1.54) is 0 Å². The fraction of sp³-hybridized carbons (Fsp3) is 0.455. The van der Waals surface area contributed by atoms with Crippen molar-refractivity contribution in [1.29, 1.82) is 0 Å². The van der Waals surface area contributed by atoms with E-state index in [0.29, 0.717) is 23.0 Å². The lowest BCUT2D eigenvalue weighted by molar-refractivity contribution is 0.0697. The Hall–Kier alpha value is -0.440. The maximum absolute atomic E-state index is 9.81. The van der Waals surface area contributed by atoms with Crippen LogP contribution in [-0.2, 0) is 0 Å². The van der Waals surface area contributed by atoms with E-state index in [9.17, 15) is 5.11 Å². The van der Waals surface area contributed by atoms with Crippen molar-refractivity contribution in [2.24, 2.45) is 0 Å². The van der Waals surface area contributed by atoms with Gasteiger partial charge in [0, 0.05) is 11.6 Å². The smallest absolute Gasteiger partial charge is 0.0788 e. The van der Waals surface area contributed by atoms with Gasteiger partial charge >= 0.3 is 0 Å². The van der Waals surface area contributed by atoms with Gasteiger partial charge in [0.15, 0.2) is 0 Å². The molecule has 0 saturated heterocycles. The van der Waals surface area contributed by atoms with Crippen LogP contribution in [0, 0.1) is 0 Å². The van der Waals surface area contributed by atoms with Gasteiger partial charge in [-0.15, -0.1) is 0 Å². The van der Waals surface area contributed by atoms with E-state index in [2.05, 4.69) is 5.32 Å². The van der Waals surface area contributed by atoms with Crippen LogP contribution in [0.2, 0.25) is 10.0 Å². The van der Waals surface area contributed by atoms with Gasteiger partial charge in [0.25, 0.3) is 0 Å². The van der Waals surface area contributed by atoms with Gasteiger partial charge in [0.1, 0.15) is 0 Å². The predicted octanol–water partition coefficient (Wildman–Crippen LogP) is 3.57. The maximum Gasteiger partial charge on any atom is 0.0788 e. The number of aliphatic hydroxyl groups is 1. The summed E-state index contributed by atoms with van der Waals surface area (Å²) in [6.45, 7) is 4.16. The molecule has 0 saturated carbocycles. The molecule has 2 nitrogen and oxygen atoms in total. The largest absolute Gasteiger partial charge is 0.388 e. The van der Waals surface area contributed by atoms with Crippen molar-refractivity contribution in [1.82, 2.24) is 0 Å². The first-order valence-corrected chi connectivity index (χ1v) is 5.61. The molecule has 0 aliphatic heterocycles. The molecule has 0 amide bonds. The average molecular weight is 248 g/mol. The van der Waals surface area contributed by atoms with Crippen LogP contribution in [0.25, 0.3) is 0 Å². The van der Waals surface area contributed by atoms with E-state index in [-0.39, 0.29) is 0 Å². The van der Waals surface area contributed by atoms with Crippen molar-refractivity contribution >= 4 is 28.9 Å². The van der Waals surface area contributed by atoms with E-state index >= 15 is 0 Å². The van der Waals surface area contributed by atoms with Crippen LogP contribution in [0.3, 0.4) is 0 Å². The summed E-state index contributed by atoms with van der Waals surface area (Å²) in [6, 6.07) is 5.20. The van der Waals surface area contributed by atoms with Gasteiger partial charge in [-0.25, -0.2) is 0 Å². The van der Waals surface area contributed by atoms with Crippen LogP contribution in [-0.4, -0.2) is 17.3 Å². The van der Waals surface area contributed by atoms with Gasteiger partial charge in [-0.1, -0.05) is 30.1 Å². The monoisotopic (exact) mass is 247 g/mol. The molecule has 15 heavy (non-hydrogen) atoms. The molecule has 0 spiro atoms. The summed E-state index contributed by atoms with van der Waals surface area (Å²) in [5, 5.41) is 14.1. The number of hydrogen-bond acceptors (Lipinski definition) is 2. The van der Waals surface area contributed by atoms with Crippen molar-refractivity contribution < 1.29 is 5.11 Å². The summed E-state index contributed by atoms with van der Waals surface area (Å²) >= 11 is 11.8. The van der Waals surface area contributed by atoms with Crippen molar-refractivity contribution in [2.45, 2.75) is 25.9 Å². The van der Waals surface area contributed by atoms with E-state index in [1.807, 2.05) is 6.92 Å². The van der Waals surface area contributed by atoms with Crippen LogP contribution in [0.1, 0.15) is 20.3 Å². The highest BCUT2D eigenvalue weighted by molar-refractivity contribution is 6.35. The molecule has 0 heterocycles. The lowest BCUT2D eigenvalue weighted by Crippen LogP contribution is -2.32. The summed E-state index contributed by atoms with van der Waals surface area (Å²) in [5.74, 6) is 0. The van der Waals surface area contributed by atoms with Crippen molar-refractivity contribution in [3.05, 3.63) is 28.2 Å². The van der Waals surface area contributed by atoms with Gasteiger partial charge in [-0.05, 0) is 31.5 Å². The third-order valence-corrected chi connectivity index (χ3v) is 2.91. The average Bonchev–Trinajstić information content (AvgIpc) is 2.20. The molecule has 0 aliphatic rings. The lowest BCUT2D eigenvalue weighted by atomic mass is 10.0. The van der Waals surface area contributed by atoms with Crippen LogP contribution < -0.4 is 5.32 Å². The minimum Gasteiger partial charge on any atom is -0.388 e. The number of hydrogen-bond donors (Lipinski definition) is 2. The summed E-state index contributed by atoms with van der Waals surface area (Å²) in [7, 11) is 0. The van der Waals surface area contributed by atoms with Gasteiger partial charge in [0.2, 0.25) is 0 Å². The molecule has 0 radical (unpaired) electrons. The van der Waals surface area contributed by atoms with Gasteiger partial charge in [-0.2, -0.15) is 0 Å². The Balaban J connectivity index is 2.69. The molecule has 2 N–H and O–H groups in total. The molecule has 1 rings (SSSR count). The zero-order valence-electron chi connectivity index (χ0n) is 8.85. The van der Waals surface area contributed by atoms with Crippen LogP contribution >= 0.6 is 23.2 Å². The quantitative estimate of drug-likeness (QED) is 0.853. The second-order valence-electron chi connectivity index (χ2n) is 3.83. The van der Waals surface area contributed by atoms with Crippen LogP contribution in [0.15, 0.2) is 18.2 Å². The molecule has 84 valence electrons. The molecular weight excluding hydrogens is 233 g/mol. The van der Waals surface area contributed by atoms with Crippen LogP contribution in [0.5, 0.6) is 0 Å². The number of halogens is 2. The summed E-state index contributed by atoms with van der Waals surface area (Å²) in [6.07, 6.45) is 0.679. The second kappa shape index (κ2) is 5.06. The normalized spacial score (nSPS) is 14.7. The molecule has 0 fully saturated rings. The SMILES string of the molecule is CCC(C)(O)CNc1cc(Cl)ccc1Cl. The van der Waals surface area contributed by atoms with Gasteiger partial charge in [-0.3, -0.25) is 0 Å². The van der Waals surface area contributed by atoms with E-state index in [0.717, 1.165) is 5.69 Å². The number of anilines is 1. The Kier molecular flexibility index (Phi) is 4.26.